The lowest BCUT2D eigenvalue weighted by molar-refractivity contribution is -0.135. The molecule has 6 nitrogen and oxygen atoms in total. The smallest absolute Gasteiger partial charge is 0.325 e. The van der Waals surface area contributed by atoms with Crippen LogP contribution in [0.15, 0.2) is 78.9 Å². The number of halogens is 1. The minimum absolute atomic E-state index is 0.356. The molecule has 1 saturated heterocycles. The first kappa shape index (κ1) is 22.2. The third kappa shape index (κ3) is 3.94. The molecule has 1 fully saturated rings. The number of carbonyl (C=O) groups excluding carboxylic acids is 3. The molecule has 2 unspecified atom stereocenters. The van der Waals surface area contributed by atoms with Crippen molar-refractivity contribution in [3.05, 3.63) is 106 Å². The van der Waals surface area contributed by atoms with E-state index in [9.17, 15) is 14.4 Å². The Morgan fingerprint density at radius 2 is 1.65 bits per heavy atom. The molecule has 4 amide bonds. The second-order valence-corrected chi connectivity index (χ2v) is 9.14. The fourth-order valence-electron chi connectivity index (χ4n) is 4.97. The largest absolute Gasteiger partial charge is 0.344 e. The average molecular weight is 474 g/mol. The van der Waals surface area contributed by atoms with Crippen LogP contribution in [0.1, 0.15) is 41.1 Å². The van der Waals surface area contributed by atoms with Crippen molar-refractivity contribution in [1.82, 2.24) is 15.5 Å². The summed E-state index contributed by atoms with van der Waals surface area (Å²) in [5.74, 6) is -0.795. The number of amides is 4. The van der Waals surface area contributed by atoms with Crippen molar-refractivity contribution >= 4 is 29.4 Å². The normalized spacial score (nSPS) is 20.1. The van der Waals surface area contributed by atoms with Crippen molar-refractivity contribution in [1.29, 1.82) is 0 Å². The predicted molar refractivity (Wildman–Crippen MR) is 129 cm³/mol. The first-order valence-electron chi connectivity index (χ1n) is 11.3. The van der Waals surface area contributed by atoms with E-state index in [4.69, 9.17) is 11.6 Å². The number of nitrogens with one attached hydrogen (secondary N) is 2. The summed E-state index contributed by atoms with van der Waals surface area (Å²) in [5.41, 5.74) is 2.51. The molecule has 1 aliphatic heterocycles. The molecular weight excluding hydrogens is 450 g/mol. The number of urea groups is 1. The number of aryl methyl sites for hydroxylation is 1. The molecule has 2 atom stereocenters. The van der Waals surface area contributed by atoms with Gasteiger partial charge in [-0.2, -0.15) is 0 Å². The Morgan fingerprint density at radius 1 is 0.971 bits per heavy atom. The van der Waals surface area contributed by atoms with Crippen LogP contribution in [0.5, 0.6) is 0 Å². The van der Waals surface area contributed by atoms with Crippen LogP contribution < -0.4 is 10.6 Å². The highest BCUT2D eigenvalue weighted by Crippen LogP contribution is 2.39. The molecule has 172 valence electrons. The first-order valence-corrected chi connectivity index (χ1v) is 11.7. The highest BCUT2D eigenvalue weighted by Gasteiger charge is 2.54. The lowest BCUT2D eigenvalue weighted by Gasteiger charge is -2.33. The number of rotatable bonds is 5. The molecule has 2 aliphatic rings. The molecule has 1 spiro atoms. The number of fused-ring (bicyclic) bond motifs is 2. The van der Waals surface area contributed by atoms with E-state index in [0.717, 1.165) is 40.0 Å². The van der Waals surface area contributed by atoms with Gasteiger partial charge in [0.25, 0.3) is 5.91 Å². The van der Waals surface area contributed by atoms with Crippen LogP contribution in [0.3, 0.4) is 0 Å². The summed E-state index contributed by atoms with van der Waals surface area (Å²) in [6, 6.07) is 23.5. The Bertz CT molecular complexity index is 1250. The zero-order valence-electron chi connectivity index (χ0n) is 18.5. The van der Waals surface area contributed by atoms with Gasteiger partial charge in [-0.3, -0.25) is 14.5 Å². The Morgan fingerprint density at radius 3 is 2.41 bits per heavy atom. The topological polar surface area (TPSA) is 78.5 Å². The quantitative estimate of drug-likeness (QED) is 0.541. The molecule has 0 aromatic heterocycles. The SMILES string of the molecule is O=C(CN1C(=O)NC2(CCCc3ccccc32)C1=O)NC(c1ccccc1)c1ccc(Cl)cc1. The van der Waals surface area contributed by atoms with Gasteiger partial charge < -0.3 is 10.6 Å². The molecule has 0 bridgehead atoms. The lowest BCUT2D eigenvalue weighted by Crippen LogP contribution is -2.47. The third-order valence-electron chi connectivity index (χ3n) is 6.59. The van der Waals surface area contributed by atoms with Gasteiger partial charge in [0, 0.05) is 5.02 Å². The Kier molecular flexibility index (Phi) is 5.84. The molecule has 1 aliphatic carbocycles. The van der Waals surface area contributed by atoms with Crippen LogP contribution in [-0.4, -0.2) is 29.3 Å². The second kappa shape index (κ2) is 8.95. The molecule has 3 aromatic rings. The highest BCUT2D eigenvalue weighted by molar-refractivity contribution is 6.30. The van der Waals surface area contributed by atoms with Gasteiger partial charge in [-0.15, -0.1) is 0 Å². The van der Waals surface area contributed by atoms with E-state index in [1.54, 1.807) is 12.1 Å². The van der Waals surface area contributed by atoms with E-state index in [-0.39, 0.29) is 12.5 Å². The van der Waals surface area contributed by atoms with Gasteiger partial charge in [-0.05, 0) is 53.6 Å². The van der Waals surface area contributed by atoms with E-state index in [0.29, 0.717) is 11.4 Å². The maximum Gasteiger partial charge on any atom is 0.325 e. The molecule has 5 rings (SSSR count). The van der Waals surface area contributed by atoms with Crippen LogP contribution in [0.25, 0.3) is 0 Å². The maximum absolute atomic E-state index is 13.5. The molecule has 1 heterocycles. The van der Waals surface area contributed by atoms with Gasteiger partial charge in [0.15, 0.2) is 0 Å². The molecule has 2 N–H and O–H groups in total. The van der Waals surface area contributed by atoms with Gasteiger partial charge in [0.1, 0.15) is 12.1 Å². The van der Waals surface area contributed by atoms with E-state index in [1.165, 1.54) is 0 Å². The zero-order valence-corrected chi connectivity index (χ0v) is 19.2. The van der Waals surface area contributed by atoms with E-state index in [2.05, 4.69) is 10.6 Å². The van der Waals surface area contributed by atoms with Gasteiger partial charge in [0.05, 0.1) is 6.04 Å². The summed E-state index contributed by atoms with van der Waals surface area (Å²) in [5, 5.41) is 6.48. The highest BCUT2D eigenvalue weighted by atomic mass is 35.5. The van der Waals surface area contributed by atoms with E-state index >= 15 is 0 Å². The van der Waals surface area contributed by atoms with Crippen LogP contribution in [0.2, 0.25) is 5.02 Å². The Labute approximate surface area is 202 Å². The van der Waals surface area contributed by atoms with Gasteiger partial charge in [0.2, 0.25) is 5.91 Å². The maximum atomic E-state index is 13.5. The van der Waals surface area contributed by atoms with Crippen molar-refractivity contribution < 1.29 is 14.4 Å². The Balaban J connectivity index is 1.38. The zero-order chi connectivity index (χ0) is 23.7. The number of carbonyl (C=O) groups is 3. The average Bonchev–Trinajstić information content (AvgIpc) is 3.08. The summed E-state index contributed by atoms with van der Waals surface area (Å²) in [6.45, 7) is -0.356. The van der Waals surface area contributed by atoms with E-state index in [1.807, 2.05) is 66.7 Å². The van der Waals surface area contributed by atoms with Crippen molar-refractivity contribution in [2.24, 2.45) is 0 Å². The third-order valence-corrected chi connectivity index (χ3v) is 6.85. The fourth-order valence-corrected chi connectivity index (χ4v) is 5.09. The van der Waals surface area contributed by atoms with Crippen LogP contribution >= 0.6 is 11.6 Å². The molecule has 34 heavy (non-hydrogen) atoms. The summed E-state index contributed by atoms with van der Waals surface area (Å²) in [4.78, 5) is 40.5. The number of hydrogen-bond acceptors (Lipinski definition) is 3. The molecule has 7 heteroatoms. The summed E-state index contributed by atoms with van der Waals surface area (Å²) in [6.07, 6.45) is 2.17. The molecule has 0 radical (unpaired) electrons. The monoisotopic (exact) mass is 473 g/mol. The summed E-state index contributed by atoms with van der Waals surface area (Å²) >= 11 is 6.04. The number of imide groups is 1. The lowest BCUT2D eigenvalue weighted by atomic mass is 9.76. The summed E-state index contributed by atoms with van der Waals surface area (Å²) in [7, 11) is 0. The van der Waals surface area contributed by atoms with E-state index < -0.39 is 23.5 Å². The minimum Gasteiger partial charge on any atom is -0.344 e. The minimum atomic E-state index is -1.10. The van der Waals surface area contributed by atoms with Crippen molar-refractivity contribution in [3.8, 4) is 0 Å². The molecule has 3 aromatic carbocycles. The first-order chi connectivity index (χ1) is 16.5. The van der Waals surface area contributed by atoms with Crippen LogP contribution in [0.4, 0.5) is 4.79 Å². The van der Waals surface area contributed by atoms with Crippen molar-refractivity contribution in [2.75, 3.05) is 6.54 Å². The predicted octanol–water partition coefficient (Wildman–Crippen LogP) is 4.33. The fraction of sp³-hybridized carbons (Fsp3) is 0.222. The van der Waals surface area contributed by atoms with Crippen molar-refractivity contribution in [2.45, 2.75) is 30.8 Å². The van der Waals surface area contributed by atoms with Gasteiger partial charge in [-0.1, -0.05) is 78.3 Å². The Hall–Kier alpha value is -3.64. The molecular formula is C27H24ClN3O3. The molecule has 0 saturated carbocycles. The number of nitrogens with zero attached hydrogens (tertiary/aromatic N) is 1. The van der Waals surface area contributed by atoms with Gasteiger partial charge in [-0.25, -0.2) is 4.79 Å². The van der Waals surface area contributed by atoms with Gasteiger partial charge >= 0.3 is 6.03 Å². The summed E-state index contributed by atoms with van der Waals surface area (Å²) < 4.78 is 0. The van der Waals surface area contributed by atoms with Crippen LogP contribution in [-0.2, 0) is 21.5 Å². The second-order valence-electron chi connectivity index (χ2n) is 8.70. The van der Waals surface area contributed by atoms with Crippen molar-refractivity contribution in [3.63, 3.8) is 0 Å². The van der Waals surface area contributed by atoms with Crippen LogP contribution in [0, 0.1) is 0 Å². The number of hydrogen-bond donors (Lipinski definition) is 2. The standard InChI is InChI=1S/C27H24ClN3O3/c28-21-14-12-20(13-15-21)24(19-8-2-1-3-9-19)29-23(32)17-31-25(33)27(30-26(31)34)16-6-10-18-7-4-5-11-22(18)27/h1-5,7-9,11-15,24H,6,10,16-17H2,(H,29,32)(H,30,34). The number of benzene rings is 3.